The lowest BCUT2D eigenvalue weighted by Crippen LogP contribution is -2.33. The average molecular weight is 314 g/mol. The second kappa shape index (κ2) is 5.75. The summed E-state index contributed by atoms with van der Waals surface area (Å²) in [6.45, 7) is 4.80. The lowest BCUT2D eigenvalue weighted by molar-refractivity contribution is 0.00480. The molecule has 2 N–H and O–H groups in total. The molecule has 7 nitrogen and oxygen atoms in total. The first-order valence-electron chi connectivity index (χ1n) is 6.57. The van der Waals surface area contributed by atoms with Gasteiger partial charge in [-0.25, -0.2) is 4.79 Å². The Morgan fingerprint density at radius 1 is 1.48 bits per heavy atom. The van der Waals surface area contributed by atoms with Crippen LogP contribution in [0.5, 0.6) is 0 Å². The van der Waals surface area contributed by atoms with Gasteiger partial charge in [0, 0.05) is 18.2 Å². The maximum atomic E-state index is 11.8. The van der Waals surface area contributed by atoms with Gasteiger partial charge in [0.2, 0.25) is 0 Å². The summed E-state index contributed by atoms with van der Waals surface area (Å²) in [4.78, 5) is 25.3. The van der Waals surface area contributed by atoms with Crippen molar-refractivity contribution < 1.29 is 14.4 Å². The fraction of sp³-hybridized carbons (Fsp3) is 0.538. The van der Waals surface area contributed by atoms with E-state index in [2.05, 4.69) is 4.98 Å². The topological polar surface area (TPSA) is 101 Å². The van der Waals surface area contributed by atoms with Crippen LogP contribution in [-0.4, -0.2) is 40.2 Å². The van der Waals surface area contributed by atoms with E-state index in [1.165, 1.54) is 16.6 Å². The van der Waals surface area contributed by atoms with Crippen molar-refractivity contribution in [2.75, 3.05) is 13.3 Å². The van der Waals surface area contributed by atoms with Gasteiger partial charge in [-0.15, -0.1) is 0 Å². The zero-order chi connectivity index (χ0) is 15.8. The van der Waals surface area contributed by atoms with Crippen molar-refractivity contribution in [1.29, 1.82) is 0 Å². The molecule has 1 aliphatic rings. The van der Waals surface area contributed by atoms with Crippen LogP contribution in [0.2, 0.25) is 0 Å². The highest BCUT2D eigenvalue weighted by molar-refractivity contribution is 7.65. The highest BCUT2D eigenvalue weighted by Gasteiger charge is 2.34. The first-order chi connectivity index (χ1) is 9.67. The van der Waals surface area contributed by atoms with Gasteiger partial charge in [0.1, 0.15) is 19.5 Å². The number of H-pyrrole nitrogens is 1. The minimum absolute atomic E-state index is 0.220. The molecule has 8 heteroatoms. The molecule has 0 saturated carbocycles. The second-order valence-corrected chi connectivity index (χ2v) is 8.78. The van der Waals surface area contributed by atoms with Crippen LogP contribution in [0.3, 0.4) is 0 Å². The van der Waals surface area contributed by atoms with Gasteiger partial charge >= 0.3 is 5.69 Å². The molecule has 0 amide bonds. The number of rotatable bonds is 3. The Balaban J connectivity index is 2.24. The molecule has 1 aliphatic heterocycles. The summed E-state index contributed by atoms with van der Waals surface area (Å²) in [5.74, 6) is 1.53. The first-order valence-corrected chi connectivity index (χ1v) is 9.24. The van der Waals surface area contributed by atoms with Crippen LogP contribution < -0.4 is 11.2 Å². The molecule has 1 saturated heterocycles. The number of hydrogen-bond acceptors (Lipinski definition) is 5. The molecule has 1 fully saturated rings. The Morgan fingerprint density at radius 2 is 2.14 bits per heavy atom. The normalized spacial score (nSPS) is 26.6. The molecule has 1 unspecified atom stereocenters. The van der Waals surface area contributed by atoms with Crippen LogP contribution in [0.15, 0.2) is 27.7 Å². The van der Waals surface area contributed by atoms with E-state index < -0.39 is 36.8 Å². The number of hydrogen-bond donors (Lipinski definition) is 2. The van der Waals surface area contributed by atoms with E-state index >= 15 is 0 Å². The van der Waals surface area contributed by atoms with E-state index in [-0.39, 0.29) is 6.42 Å². The van der Waals surface area contributed by atoms with Crippen molar-refractivity contribution in [2.24, 2.45) is 0 Å². The predicted octanol–water partition coefficient (Wildman–Crippen LogP) is 0.630. The van der Waals surface area contributed by atoms with E-state index in [0.29, 0.717) is 5.56 Å². The molecule has 3 atom stereocenters. The molecule has 21 heavy (non-hydrogen) atoms. The molecule has 1 aromatic heterocycles. The number of aromatic nitrogens is 2. The molecule has 1 aromatic rings. The van der Waals surface area contributed by atoms with Gasteiger partial charge in [-0.1, -0.05) is 0 Å². The summed E-state index contributed by atoms with van der Waals surface area (Å²) in [5, 5.41) is 9.98. The maximum Gasteiger partial charge on any atom is 0.330 e. The fourth-order valence-corrected chi connectivity index (χ4v) is 2.70. The number of aliphatic hydroxyl groups is 1. The van der Waals surface area contributed by atoms with Gasteiger partial charge in [-0.2, -0.15) is 0 Å². The summed E-state index contributed by atoms with van der Waals surface area (Å²) < 4.78 is 18.5. The molecular formula is C13H19N2O5P. The van der Waals surface area contributed by atoms with Gasteiger partial charge in [0.15, 0.2) is 0 Å². The van der Waals surface area contributed by atoms with Gasteiger partial charge < -0.3 is 14.4 Å². The maximum absolute atomic E-state index is 11.8. The Hall–Kier alpha value is -1.43. The number of aliphatic hydroxyl groups excluding tert-OH is 1. The third-order valence-electron chi connectivity index (χ3n) is 3.23. The number of aromatic amines is 1. The zero-order valence-corrected chi connectivity index (χ0v) is 13.0. The van der Waals surface area contributed by atoms with Crippen molar-refractivity contribution >= 4 is 7.14 Å². The standard InChI is InChI=1S/C13H19N2O5P/c1-8-7-15(13(18)14-12(8)17)11-6-9(16)10(20-11)4-5-21(2,3)19/h4-5,7,9-11,16H,6H2,1-3H3,(H,14,17,18)/b5-4+/t9?,10-,11-/m1/s1. The molecule has 0 aromatic carbocycles. The van der Waals surface area contributed by atoms with Crippen LogP contribution in [0.25, 0.3) is 0 Å². The van der Waals surface area contributed by atoms with Crippen LogP contribution in [0, 0.1) is 6.92 Å². The number of nitrogens with zero attached hydrogens (tertiary/aromatic N) is 1. The Morgan fingerprint density at radius 3 is 2.76 bits per heavy atom. The van der Waals surface area contributed by atoms with E-state index in [4.69, 9.17) is 4.74 Å². The Labute approximate surface area is 121 Å². The van der Waals surface area contributed by atoms with Crippen LogP contribution in [0.4, 0.5) is 0 Å². The van der Waals surface area contributed by atoms with Gasteiger partial charge in [0.05, 0.1) is 6.10 Å². The second-order valence-electron chi connectivity index (χ2n) is 5.61. The third-order valence-corrected chi connectivity index (χ3v) is 4.12. The number of ether oxygens (including phenoxy) is 1. The average Bonchev–Trinajstić information content (AvgIpc) is 2.72. The van der Waals surface area contributed by atoms with Crippen molar-refractivity contribution in [3.63, 3.8) is 0 Å². The van der Waals surface area contributed by atoms with Crippen molar-refractivity contribution in [1.82, 2.24) is 9.55 Å². The molecular weight excluding hydrogens is 295 g/mol. The van der Waals surface area contributed by atoms with E-state index in [0.717, 1.165) is 0 Å². The summed E-state index contributed by atoms with van der Waals surface area (Å²) in [7, 11) is -2.35. The lowest BCUT2D eigenvalue weighted by Gasteiger charge is -2.14. The SMILES string of the molecule is Cc1cn([C@H]2CC(O)[C@@H](/C=C/P(C)(C)=O)O2)c(=O)[nH]c1=O. The number of aryl methyl sites for hydroxylation is 1. The zero-order valence-electron chi connectivity index (χ0n) is 12.1. The van der Waals surface area contributed by atoms with Crippen LogP contribution in [-0.2, 0) is 9.30 Å². The molecule has 116 valence electrons. The Kier molecular flexibility index (Phi) is 4.37. The molecule has 0 aliphatic carbocycles. The molecule has 2 heterocycles. The summed E-state index contributed by atoms with van der Waals surface area (Å²) in [6, 6.07) is 0. The summed E-state index contributed by atoms with van der Waals surface area (Å²) in [5.41, 5.74) is -0.633. The van der Waals surface area contributed by atoms with Crippen LogP contribution in [0.1, 0.15) is 18.2 Å². The van der Waals surface area contributed by atoms with E-state index in [9.17, 15) is 19.3 Å². The van der Waals surface area contributed by atoms with Crippen molar-refractivity contribution in [3.8, 4) is 0 Å². The lowest BCUT2D eigenvalue weighted by atomic mass is 10.2. The van der Waals surface area contributed by atoms with Crippen molar-refractivity contribution in [3.05, 3.63) is 44.5 Å². The fourth-order valence-electron chi connectivity index (χ4n) is 2.11. The summed E-state index contributed by atoms with van der Waals surface area (Å²) in [6.07, 6.45) is 1.12. The van der Waals surface area contributed by atoms with E-state index in [1.54, 1.807) is 26.3 Å². The summed E-state index contributed by atoms with van der Waals surface area (Å²) >= 11 is 0. The van der Waals surface area contributed by atoms with Gasteiger partial charge in [-0.05, 0) is 32.1 Å². The smallest absolute Gasteiger partial charge is 0.330 e. The van der Waals surface area contributed by atoms with Crippen molar-refractivity contribution in [2.45, 2.75) is 31.8 Å². The molecule has 0 spiro atoms. The molecule has 0 radical (unpaired) electrons. The Bertz CT molecular complexity index is 714. The molecule has 2 rings (SSSR count). The largest absolute Gasteiger partial charge is 0.390 e. The molecule has 0 bridgehead atoms. The first kappa shape index (κ1) is 15.9. The minimum atomic E-state index is -2.35. The quantitative estimate of drug-likeness (QED) is 0.797. The highest BCUT2D eigenvalue weighted by Crippen LogP contribution is 2.39. The van der Waals surface area contributed by atoms with Crippen LogP contribution >= 0.6 is 7.14 Å². The van der Waals surface area contributed by atoms with Gasteiger partial charge in [0.25, 0.3) is 5.56 Å². The van der Waals surface area contributed by atoms with Gasteiger partial charge in [-0.3, -0.25) is 14.3 Å². The highest BCUT2D eigenvalue weighted by atomic mass is 31.2. The minimum Gasteiger partial charge on any atom is -0.390 e. The number of nitrogens with one attached hydrogen (secondary N) is 1. The third kappa shape index (κ3) is 3.81. The predicted molar refractivity (Wildman–Crippen MR) is 79.2 cm³/mol. The monoisotopic (exact) mass is 314 g/mol. The van der Waals surface area contributed by atoms with E-state index in [1.807, 2.05) is 0 Å².